The fourth-order valence-electron chi connectivity index (χ4n) is 2.66. The number of carbonyl (C=O) groups excluding carboxylic acids is 2. The van der Waals surface area contributed by atoms with Gasteiger partial charge in [-0.1, -0.05) is 33.6 Å². The van der Waals surface area contributed by atoms with Crippen LogP contribution in [0.3, 0.4) is 0 Å². The second-order valence-electron chi connectivity index (χ2n) is 6.39. The molecular weight excluding hydrogens is 298 g/mol. The average molecular weight is 330 g/mol. The minimum atomic E-state index is -0.437. The maximum atomic E-state index is 12.6. The third-order valence-corrected chi connectivity index (χ3v) is 5.00. The molecule has 0 aliphatic carbocycles. The van der Waals surface area contributed by atoms with Crippen LogP contribution in [-0.4, -0.2) is 41.6 Å². The Balaban J connectivity index is 2.65. The molecule has 0 aromatic rings. The summed E-state index contributed by atoms with van der Waals surface area (Å²) in [6, 6.07) is -0.309. The second kappa shape index (κ2) is 10.1. The van der Waals surface area contributed by atoms with Gasteiger partial charge in [-0.3, -0.25) is 9.59 Å². The van der Waals surface area contributed by atoms with Gasteiger partial charge in [0.2, 0.25) is 11.8 Å². The maximum Gasteiger partial charge on any atom is 0.242 e. The van der Waals surface area contributed by atoms with Gasteiger partial charge in [-0.05, 0) is 18.8 Å². The van der Waals surface area contributed by atoms with Gasteiger partial charge in [-0.2, -0.15) is 0 Å². The molecule has 0 radical (unpaired) electrons. The molecule has 0 bridgehead atoms. The van der Waals surface area contributed by atoms with E-state index in [1.54, 1.807) is 0 Å². The van der Waals surface area contributed by atoms with E-state index in [0.717, 1.165) is 31.6 Å². The lowest BCUT2D eigenvalue weighted by Crippen LogP contribution is -2.53. The number of thioether (sulfide) groups is 1. The van der Waals surface area contributed by atoms with Crippen LogP contribution in [0, 0.1) is 5.92 Å². The predicted octanol–water partition coefficient (Wildman–Crippen LogP) is 1.87. The summed E-state index contributed by atoms with van der Waals surface area (Å²) in [6.45, 7) is 8.74. The highest BCUT2D eigenvalue weighted by Gasteiger charge is 2.29. The molecule has 6 heteroatoms. The van der Waals surface area contributed by atoms with Crippen LogP contribution >= 0.6 is 11.8 Å². The van der Waals surface area contributed by atoms with E-state index in [0.29, 0.717) is 12.3 Å². The van der Waals surface area contributed by atoms with Crippen LogP contribution in [0.25, 0.3) is 0 Å². The van der Waals surface area contributed by atoms with Gasteiger partial charge in [0.15, 0.2) is 0 Å². The zero-order chi connectivity index (χ0) is 16.5. The fraction of sp³-hybridized carbons (Fsp3) is 0.875. The number of unbranched alkanes of at least 4 members (excludes halogenated alkanes) is 1. The van der Waals surface area contributed by atoms with Gasteiger partial charge in [-0.25, -0.2) is 0 Å². The summed E-state index contributed by atoms with van der Waals surface area (Å²) in [5.41, 5.74) is 0. The monoisotopic (exact) mass is 329 g/mol. The van der Waals surface area contributed by atoms with Crippen molar-refractivity contribution in [2.45, 2.75) is 70.8 Å². The van der Waals surface area contributed by atoms with Crippen molar-refractivity contribution < 1.29 is 9.59 Å². The van der Waals surface area contributed by atoms with Gasteiger partial charge in [0.05, 0.1) is 11.4 Å². The Morgan fingerprint density at radius 3 is 2.55 bits per heavy atom. The second-order valence-corrected chi connectivity index (χ2v) is 7.63. The van der Waals surface area contributed by atoms with Gasteiger partial charge < -0.3 is 16.0 Å². The summed E-state index contributed by atoms with van der Waals surface area (Å²) in [4.78, 5) is 23.9. The largest absolute Gasteiger partial charge is 0.349 e. The summed E-state index contributed by atoms with van der Waals surface area (Å²) < 4.78 is 0. The van der Waals surface area contributed by atoms with Crippen LogP contribution in [0.4, 0.5) is 0 Å². The first-order valence-electron chi connectivity index (χ1n) is 8.36. The van der Waals surface area contributed by atoms with Gasteiger partial charge in [0.1, 0.15) is 6.04 Å². The van der Waals surface area contributed by atoms with Gasteiger partial charge >= 0.3 is 0 Å². The molecule has 1 heterocycles. The van der Waals surface area contributed by atoms with Crippen LogP contribution in [0.15, 0.2) is 0 Å². The highest BCUT2D eigenvalue weighted by atomic mass is 32.2. The van der Waals surface area contributed by atoms with E-state index >= 15 is 0 Å². The van der Waals surface area contributed by atoms with Crippen molar-refractivity contribution in [1.29, 1.82) is 0 Å². The molecule has 2 amide bonds. The Kier molecular flexibility index (Phi) is 8.86. The first-order chi connectivity index (χ1) is 10.4. The smallest absolute Gasteiger partial charge is 0.242 e. The van der Waals surface area contributed by atoms with Gasteiger partial charge in [0.25, 0.3) is 0 Å². The first kappa shape index (κ1) is 19.3. The lowest BCUT2D eigenvalue weighted by molar-refractivity contribution is -0.129. The molecule has 128 valence electrons. The van der Waals surface area contributed by atoms with E-state index in [1.165, 1.54) is 6.92 Å². The molecule has 3 atom stereocenters. The third-order valence-electron chi connectivity index (χ3n) is 3.71. The quantitative estimate of drug-likeness (QED) is 0.604. The highest BCUT2D eigenvalue weighted by Crippen LogP contribution is 2.21. The molecule has 1 aliphatic rings. The van der Waals surface area contributed by atoms with Crippen molar-refractivity contribution >= 4 is 23.6 Å². The molecule has 1 fully saturated rings. The van der Waals surface area contributed by atoms with Crippen LogP contribution in [0.5, 0.6) is 0 Å². The van der Waals surface area contributed by atoms with Crippen molar-refractivity contribution in [1.82, 2.24) is 16.0 Å². The summed E-state index contributed by atoms with van der Waals surface area (Å²) in [6.07, 6.45) is 3.85. The molecule has 0 spiro atoms. The van der Waals surface area contributed by atoms with E-state index in [2.05, 4.69) is 36.7 Å². The van der Waals surface area contributed by atoms with Crippen LogP contribution in [0.2, 0.25) is 0 Å². The van der Waals surface area contributed by atoms with E-state index < -0.39 is 6.04 Å². The number of hydrogen-bond donors (Lipinski definition) is 3. The SMILES string of the molecule is CCCCC(NC(=O)[C@H](CC(C)C)NC(C)=O)C1NCCS1. The topological polar surface area (TPSA) is 70.2 Å². The molecule has 22 heavy (non-hydrogen) atoms. The number of rotatable bonds is 9. The molecule has 1 saturated heterocycles. The predicted molar refractivity (Wildman–Crippen MR) is 92.8 cm³/mol. The molecule has 1 rings (SSSR count). The number of nitrogens with one attached hydrogen (secondary N) is 3. The van der Waals surface area contributed by atoms with Crippen molar-refractivity contribution in [3.63, 3.8) is 0 Å². The summed E-state index contributed by atoms with van der Waals surface area (Å²) >= 11 is 1.87. The third kappa shape index (κ3) is 7.01. The molecular formula is C16H31N3O2S. The standard InChI is InChI=1S/C16H31N3O2S/c1-5-6-7-13(16-17-8-9-22-16)19-15(21)14(10-11(2)3)18-12(4)20/h11,13-14,16-17H,5-10H2,1-4H3,(H,18,20)(H,19,21)/t13?,14-,16?/m0/s1. The Morgan fingerprint density at radius 1 is 1.32 bits per heavy atom. The van der Waals surface area contributed by atoms with Crippen molar-refractivity contribution in [3.05, 3.63) is 0 Å². The molecule has 0 aromatic heterocycles. The zero-order valence-corrected chi connectivity index (χ0v) is 15.1. The Hall–Kier alpha value is -0.750. The molecule has 1 aliphatic heterocycles. The zero-order valence-electron chi connectivity index (χ0n) is 14.3. The molecule has 0 saturated carbocycles. The minimum absolute atomic E-state index is 0.0562. The summed E-state index contributed by atoms with van der Waals surface area (Å²) in [5.74, 6) is 1.24. The van der Waals surface area contributed by atoms with Crippen LogP contribution < -0.4 is 16.0 Å². The summed E-state index contributed by atoms with van der Waals surface area (Å²) in [7, 11) is 0. The average Bonchev–Trinajstić information content (AvgIpc) is 2.95. The van der Waals surface area contributed by atoms with Crippen molar-refractivity contribution in [2.75, 3.05) is 12.3 Å². The number of carbonyl (C=O) groups is 2. The highest BCUT2D eigenvalue weighted by molar-refractivity contribution is 8.00. The molecule has 3 N–H and O–H groups in total. The summed E-state index contributed by atoms with van der Waals surface area (Å²) in [5, 5.41) is 9.69. The Morgan fingerprint density at radius 2 is 2.05 bits per heavy atom. The first-order valence-corrected chi connectivity index (χ1v) is 9.41. The maximum absolute atomic E-state index is 12.6. The van der Waals surface area contributed by atoms with Gasteiger partial charge in [-0.15, -0.1) is 11.8 Å². The Bertz CT molecular complexity index is 357. The fourth-order valence-corrected chi connectivity index (χ4v) is 3.82. The normalized spacial score (nSPS) is 20.7. The van der Waals surface area contributed by atoms with Crippen LogP contribution in [0.1, 0.15) is 53.4 Å². The molecule has 2 unspecified atom stereocenters. The minimum Gasteiger partial charge on any atom is -0.349 e. The lowest BCUT2D eigenvalue weighted by Gasteiger charge is -2.27. The van der Waals surface area contributed by atoms with E-state index in [1.807, 2.05) is 11.8 Å². The molecule has 0 aromatic carbocycles. The lowest BCUT2D eigenvalue weighted by atomic mass is 10.0. The van der Waals surface area contributed by atoms with Crippen LogP contribution in [-0.2, 0) is 9.59 Å². The van der Waals surface area contributed by atoms with E-state index in [-0.39, 0.29) is 23.2 Å². The Labute approximate surface area is 138 Å². The van der Waals surface area contributed by atoms with Crippen molar-refractivity contribution in [2.24, 2.45) is 5.92 Å². The van der Waals surface area contributed by atoms with E-state index in [9.17, 15) is 9.59 Å². The van der Waals surface area contributed by atoms with E-state index in [4.69, 9.17) is 0 Å². The number of hydrogen-bond acceptors (Lipinski definition) is 4. The number of amides is 2. The molecule has 5 nitrogen and oxygen atoms in total. The van der Waals surface area contributed by atoms with Gasteiger partial charge in [0, 0.05) is 19.2 Å². The van der Waals surface area contributed by atoms with Crippen molar-refractivity contribution in [3.8, 4) is 0 Å².